The summed E-state index contributed by atoms with van der Waals surface area (Å²) in [4.78, 5) is 23.3. The summed E-state index contributed by atoms with van der Waals surface area (Å²) in [6, 6.07) is 13.8. The van der Waals surface area contributed by atoms with E-state index >= 15 is 0 Å². The molecule has 0 spiro atoms. The Labute approximate surface area is 204 Å². The van der Waals surface area contributed by atoms with Crippen LogP contribution >= 0.6 is 0 Å². The minimum atomic E-state index is 0.236. The maximum absolute atomic E-state index is 8.00. The second-order valence-electron chi connectivity index (χ2n) is 8.88. The number of carbonyl (C=O) groups excluding carboxylic acids is 1. The zero-order valence-electron chi connectivity index (χ0n) is 20.2. The molecule has 9 nitrogen and oxygen atoms in total. The maximum Gasteiger partial charge on any atom is 0.162 e. The Morgan fingerprint density at radius 3 is 2.69 bits per heavy atom. The summed E-state index contributed by atoms with van der Waals surface area (Å²) >= 11 is 0. The van der Waals surface area contributed by atoms with Gasteiger partial charge in [0, 0.05) is 29.5 Å². The molecule has 0 bridgehead atoms. The lowest BCUT2D eigenvalue weighted by molar-refractivity contribution is -0.105. The molecule has 2 aromatic carbocycles. The van der Waals surface area contributed by atoms with Gasteiger partial charge in [0.1, 0.15) is 24.2 Å². The van der Waals surface area contributed by atoms with Crippen LogP contribution in [0.1, 0.15) is 24.5 Å². The van der Waals surface area contributed by atoms with Crippen molar-refractivity contribution in [2.45, 2.75) is 26.7 Å². The Bertz CT molecular complexity index is 1290. The number of nitrogens with one attached hydrogen (secondary N) is 3. The van der Waals surface area contributed by atoms with Crippen LogP contribution in [0.15, 0.2) is 48.7 Å². The molecule has 0 aliphatic carbocycles. The van der Waals surface area contributed by atoms with Crippen molar-refractivity contribution in [3.8, 4) is 17.1 Å². The van der Waals surface area contributed by atoms with E-state index in [1.54, 1.807) is 13.2 Å². The van der Waals surface area contributed by atoms with Crippen LogP contribution in [0, 0.1) is 12.3 Å². The molecule has 1 aliphatic rings. The standard InChI is InChI=1S/C25H28N6O2.CH2O/c1-16-7-8-20-22(19(16)9-11-25(2)14-32-15-25)24(29-21-10-12-27-31-21)30-23(28-20)17-5-4-6-18(13-17)33-26-3;1-2/h4-8,10,12-13,26H,9,11,14-15H2,1-3H3,(H2,27,28,29,30,31);1H2. The average Bonchev–Trinajstić information content (AvgIpc) is 3.37. The zero-order valence-corrected chi connectivity index (χ0v) is 20.2. The van der Waals surface area contributed by atoms with E-state index in [0.717, 1.165) is 54.2 Å². The summed E-state index contributed by atoms with van der Waals surface area (Å²) in [6.45, 7) is 8.08. The van der Waals surface area contributed by atoms with Crippen molar-refractivity contribution in [1.29, 1.82) is 0 Å². The van der Waals surface area contributed by atoms with Crippen LogP contribution in [0.4, 0.5) is 11.6 Å². The second kappa shape index (κ2) is 10.6. The highest BCUT2D eigenvalue weighted by Crippen LogP contribution is 2.36. The predicted octanol–water partition coefficient (Wildman–Crippen LogP) is 4.37. The van der Waals surface area contributed by atoms with Gasteiger partial charge in [-0.25, -0.2) is 9.97 Å². The van der Waals surface area contributed by atoms with Gasteiger partial charge in [-0.1, -0.05) is 25.1 Å². The third-order valence-corrected chi connectivity index (χ3v) is 6.15. The Morgan fingerprint density at radius 1 is 1.17 bits per heavy atom. The van der Waals surface area contributed by atoms with Crippen molar-refractivity contribution in [2.24, 2.45) is 5.41 Å². The highest BCUT2D eigenvalue weighted by molar-refractivity contribution is 5.95. The highest BCUT2D eigenvalue weighted by Gasteiger charge is 2.33. The summed E-state index contributed by atoms with van der Waals surface area (Å²) in [7, 11) is 1.73. The van der Waals surface area contributed by atoms with E-state index in [4.69, 9.17) is 24.3 Å². The number of nitrogens with zero attached hydrogens (tertiary/aromatic N) is 3. The lowest BCUT2D eigenvalue weighted by atomic mass is 9.81. The number of rotatable bonds is 8. The molecule has 5 rings (SSSR count). The number of anilines is 2. The van der Waals surface area contributed by atoms with Gasteiger partial charge in [-0.15, -0.1) is 0 Å². The third kappa shape index (κ3) is 5.31. The number of hydroxylamine groups is 1. The molecule has 3 heterocycles. The Balaban J connectivity index is 0.00000141. The Morgan fingerprint density at radius 2 is 2.00 bits per heavy atom. The molecular formula is C26H30N6O3. The molecule has 3 N–H and O–H groups in total. The number of fused-ring (bicyclic) bond motifs is 1. The fourth-order valence-electron chi connectivity index (χ4n) is 4.23. The normalized spacial score (nSPS) is 14.0. The number of carbonyl (C=O) groups is 1. The number of benzene rings is 2. The molecule has 1 aliphatic heterocycles. The second-order valence-corrected chi connectivity index (χ2v) is 8.88. The predicted molar refractivity (Wildman–Crippen MR) is 136 cm³/mol. The summed E-state index contributed by atoms with van der Waals surface area (Å²) in [5.74, 6) is 2.86. The van der Waals surface area contributed by atoms with Crippen LogP contribution in [0.3, 0.4) is 0 Å². The topological polar surface area (TPSA) is 114 Å². The lowest BCUT2D eigenvalue weighted by Crippen LogP contribution is -2.40. The van der Waals surface area contributed by atoms with Gasteiger partial charge in [0.25, 0.3) is 0 Å². The van der Waals surface area contributed by atoms with Crippen LogP contribution in [0.2, 0.25) is 0 Å². The first-order valence-corrected chi connectivity index (χ1v) is 11.4. The van der Waals surface area contributed by atoms with Crippen molar-refractivity contribution in [2.75, 3.05) is 25.6 Å². The molecular weight excluding hydrogens is 444 g/mol. The van der Waals surface area contributed by atoms with E-state index in [9.17, 15) is 0 Å². The van der Waals surface area contributed by atoms with Crippen molar-refractivity contribution in [3.05, 3.63) is 59.8 Å². The van der Waals surface area contributed by atoms with E-state index in [-0.39, 0.29) is 5.41 Å². The van der Waals surface area contributed by atoms with Crippen LogP contribution in [0.25, 0.3) is 22.3 Å². The van der Waals surface area contributed by atoms with Crippen molar-refractivity contribution in [3.63, 3.8) is 0 Å². The fraction of sp³-hybridized carbons (Fsp3) is 0.308. The van der Waals surface area contributed by atoms with Gasteiger partial charge in [0.05, 0.1) is 24.9 Å². The largest absolute Gasteiger partial charge is 0.409 e. The molecule has 1 fully saturated rings. The van der Waals surface area contributed by atoms with Gasteiger partial charge in [-0.3, -0.25) is 5.10 Å². The van der Waals surface area contributed by atoms with Crippen LogP contribution in [-0.2, 0) is 16.0 Å². The van der Waals surface area contributed by atoms with E-state index < -0.39 is 0 Å². The van der Waals surface area contributed by atoms with Crippen LogP contribution in [0.5, 0.6) is 5.75 Å². The maximum atomic E-state index is 8.00. The number of aromatic amines is 1. The number of aromatic nitrogens is 4. The highest BCUT2D eigenvalue weighted by atomic mass is 16.6. The first-order chi connectivity index (χ1) is 17.0. The van der Waals surface area contributed by atoms with Gasteiger partial charge < -0.3 is 19.7 Å². The van der Waals surface area contributed by atoms with Gasteiger partial charge in [0.15, 0.2) is 5.82 Å². The van der Waals surface area contributed by atoms with E-state index in [0.29, 0.717) is 11.6 Å². The van der Waals surface area contributed by atoms with E-state index in [1.165, 1.54) is 11.1 Å². The third-order valence-electron chi connectivity index (χ3n) is 6.15. The molecule has 4 aromatic rings. The number of H-pyrrole nitrogens is 1. The molecule has 182 valence electrons. The number of hydrogen-bond donors (Lipinski definition) is 3. The van der Waals surface area contributed by atoms with Gasteiger partial charge in [-0.05, 0) is 49.1 Å². The summed E-state index contributed by atoms with van der Waals surface area (Å²) in [5, 5.41) is 11.5. The molecule has 0 saturated carbocycles. The molecule has 9 heteroatoms. The van der Waals surface area contributed by atoms with E-state index in [1.807, 2.05) is 37.1 Å². The monoisotopic (exact) mass is 474 g/mol. The van der Waals surface area contributed by atoms with Crippen molar-refractivity contribution < 1.29 is 14.4 Å². The minimum Gasteiger partial charge on any atom is -0.409 e. The van der Waals surface area contributed by atoms with Crippen molar-refractivity contribution in [1.82, 2.24) is 25.6 Å². The molecule has 0 atom stereocenters. The Hall–Kier alpha value is -3.82. The van der Waals surface area contributed by atoms with E-state index in [2.05, 4.69) is 47.0 Å². The lowest BCUT2D eigenvalue weighted by Gasteiger charge is -2.38. The SMILES string of the molecule is C=O.CNOc1cccc(-c2nc(Nc3ccn[nH]3)c3c(CCC4(C)COC4)c(C)ccc3n2)c1. The van der Waals surface area contributed by atoms with Crippen molar-refractivity contribution >= 4 is 29.3 Å². The molecule has 0 amide bonds. The number of aryl methyl sites for hydroxylation is 2. The summed E-state index contributed by atoms with van der Waals surface area (Å²) in [5.41, 5.74) is 7.22. The molecule has 2 aromatic heterocycles. The minimum absolute atomic E-state index is 0.236. The zero-order chi connectivity index (χ0) is 24.8. The fourth-order valence-corrected chi connectivity index (χ4v) is 4.23. The molecule has 35 heavy (non-hydrogen) atoms. The molecule has 0 unspecified atom stereocenters. The molecule has 1 saturated heterocycles. The smallest absolute Gasteiger partial charge is 0.162 e. The summed E-state index contributed by atoms with van der Waals surface area (Å²) < 4.78 is 5.47. The molecule has 0 radical (unpaired) electrons. The summed E-state index contributed by atoms with van der Waals surface area (Å²) in [6.07, 6.45) is 3.71. The van der Waals surface area contributed by atoms with Gasteiger partial charge in [-0.2, -0.15) is 10.6 Å². The van der Waals surface area contributed by atoms with Crippen LogP contribution < -0.4 is 15.6 Å². The number of hydrogen-bond acceptors (Lipinski definition) is 8. The number of ether oxygens (including phenoxy) is 1. The average molecular weight is 475 g/mol. The first kappa shape index (κ1) is 24.3. The van der Waals surface area contributed by atoms with Gasteiger partial charge in [0.2, 0.25) is 0 Å². The quantitative estimate of drug-likeness (QED) is 0.323. The Kier molecular flexibility index (Phi) is 7.38. The van der Waals surface area contributed by atoms with Gasteiger partial charge >= 0.3 is 0 Å². The first-order valence-electron chi connectivity index (χ1n) is 11.4. The van der Waals surface area contributed by atoms with Crippen LogP contribution in [-0.4, -0.2) is 47.2 Å².